The molecular formula is C13H19NO5S2. The van der Waals surface area contributed by atoms with Crippen molar-refractivity contribution in [1.29, 1.82) is 0 Å². The summed E-state index contributed by atoms with van der Waals surface area (Å²) >= 11 is 0.967. The van der Waals surface area contributed by atoms with Crippen molar-refractivity contribution in [3.05, 3.63) is 15.8 Å². The summed E-state index contributed by atoms with van der Waals surface area (Å²) in [5, 5.41) is 8.91. The van der Waals surface area contributed by atoms with Crippen LogP contribution in [0.15, 0.2) is 11.0 Å². The zero-order valence-electron chi connectivity index (χ0n) is 11.8. The summed E-state index contributed by atoms with van der Waals surface area (Å²) in [5.41, 5.74) is 0. The Kier molecular flexibility index (Phi) is 5.37. The topological polar surface area (TPSA) is 92.7 Å². The third-order valence-corrected chi connectivity index (χ3v) is 6.16. The van der Waals surface area contributed by atoms with Gasteiger partial charge < -0.3 is 9.84 Å². The van der Waals surface area contributed by atoms with E-state index in [2.05, 4.69) is 4.72 Å². The van der Waals surface area contributed by atoms with Crippen molar-refractivity contribution in [2.75, 3.05) is 13.2 Å². The van der Waals surface area contributed by atoms with Crippen LogP contribution in [-0.2, 0) is 14.8 Å². The summed E-state index contributed by atoms with van der Waals surface area (Å²) in [6, 6.07) is 1.21. The Hall–Kier alpha value is -0.960. The van der Waals surface area contributed by atoms with Gasteiger partial charge in [-0.15, -0.1) is 11.3 Å². The Balaban J connectivity index is 1.96. The van der Waals surface area contributed by atoms with E-state index in [1.54, 1.807) is 6.92 Å². The van der Waals surface area contributed by atoms with Gasteiger partial charge in [0, 0.05) is 18.0 Å². The number of hydrogen-bond acceptors (Lipinski definition) is 5. The van der Waals surface area contributed by atoms with Gasteiger partial charge in [-0.1, -0.05) is 0 Å². The lowest BCUT2D eigenvalue weighted by molar-refractivity contribution is 0.0123. The molecule has 0 bridgehead atoms. The number of nitrogens with one attached hydrogen (secondary N) is 1. The normalized spacial score (nSPS) is 19.6. The first-order valence-electron chi connectivity index (χ1n) is 6.85. The van der Waals surface area contributed by atoms with Crippen molar-refractivity contribution in [3.63, 3.8) is 0 Å². The standard InChI is InChI=1S/C13H19NO5S2/c1-9-12(8-11(20-9)13(15)16)21(17,18)14-6-5-10-4-2-3-7-19-10/h8,10,14H,2-7H2,1H3,(H,15,16). The molecule has 1 atom stereocenters. The summed E-state index contributed by atoms with van der Waals surface area (Å²) in [7, 11) is -3.66. The third kappa shape index (κ3) is 4.26. The van der Waals surface area contributed by atoms with Gasteiger partial charge in [-0.2, -0.15) is 0 Å². The van der Waals surface area contributed by atoms with Gasteiger partial charge >= 0.3 is 5.97 Å². The number of carboxylic acids is 1. The van der Waals surface area contributed by atoms with Crippen molar-refractivity contribution in [2.24, 2.45) is 0 Å². The molecule has 1 aliphatic heterocycles. The molecule has 0 radical (unpaired) electrons. The second-order valence-corrected chi connectivity index (χ2v) is 8.00. The van der Waals surface area contributed by atoms with Gasteiger partial charge in [-0.3, -0.25) is 0 Å². The first-order valence-corrected chi connectivity index (χ1v) is 9.15. The summed E-state index contributed by atoms with van der Waals surface area (Å²) in [6.07, 6.45) is 3.88. The molecule has 8 heteroatoms. The van der Waals surface area contributed by atoms with Crippen LogP contribution in [0.25, 0.3) is 0 Å². The molecule has 2 N–H and O–H groups in total. The smallest absolute Gasteiger partial charge is 0.345 e. The van der Waals surface area contributed by atoms with Crippen LogP contribution >= 0.6 is 11.3 Å². The number of hydrogen-bond donors (Lipinski definition) is 2. The average Bonchev–Trinajstić information content (AvgIpc) is 2.83. The van der Waals surface area contributed by atoms with E-state index in [4.69, 9.17) is 9.84 Å². The highest BCUT2D eigenvalue weighted by Crippen LogP contribution is 2.25. The highest BCUT2D eigenvalue weighted by Gasteiger charge is 2.22. The van der Waals surface area contributed by atoms with E-state index in [-0.39, 0.29) is 15.9 Å². The Bertz CT molecular complexity index is 602. The first kappa shape index (κ1) is 16.4. The molecule has 0 aliphatic carbocycles. The molecule has 21 heavy (non-hydrogen) atoms. The predicted molar refractivity (Wildman–Crippen MR) is 79.4 cm³/mol. The summed E-state index contributed by atoms with van der Waals surface area (Å²) in [4.78, 5) is 11.5. The van der Waals surface area contributed by atoms with Gasteiger partial charge in [0.2, 0.25) is 10.0 Å². The molecule has 0 aromatic carbocycles. The summed E-state index contributed by atoms with van der Waals surface area (Å²) in [6.45, 7) is 2.64. The number of rotatable bonds is 6. The van der Waals surface area contributed by atoms with Crippen LogP contribution in [0.5, 0.6) is 0 Å². The van der Waals surface area contributed by atoms with Gasteiger partial charge in [-0.05, 0) is 38.7 Å². The van der Waals surface area contributed by atoms with Crippen molar-refractivity contribution >= 4 is 27.3 Å². The van der Waals surface area contributed by atoms with Crippen molar-refractivity contribution < 1.29 is 23.1 Å². The van der Waals surface area contributed by atoms with Crippen LogP contribution in [-0.4, -0.2) is 38.7 Å². The second-order valence-electron chi connectivity index (χ2n) is 5.01. The van der Waals surface area contributed by atoms with Crippen LogP contribution in [0.2, 0.25) is 0 Å². The number of carboxylic acid groups (broad SMARTS) is 1. The van der Waals surface area contributed by atoms with Gasteiger partial charge in [0.1, 0.15) is 4.88 Å². The Morgan fingerprint density at radius 1 is 1.52 bits per heavy atom. The summed E-state index contributed by atoms with van der Waals surface area (Å²) < 4.78 is 32.5. The molecule has 1 aromatic heterocycles. The van der Waals surface area contributed by atoms with E-state index < -0.39 is 16.0 Å². The first-order chi connectivity index (χ1) is 9.90. The molecular weight excluding hydrogens is 314 g/mol. The van der Waals surface area contributed by atoms with E-state index in [9.17, 15) is 13.2 Å². The Labute approximate surface area is 128 Å². The van der Waals surface area contributed by atoms with E-state index >= 15 is 0 Å². The highest BCUT2D eigenvalue weighted by atomic mass is 32.2. The monoisotopic (exact) mass is 333 g/mol. The SMILES string of the molecule is Cc1sc(C(=O)O)cc1S(=O)(=O)NCCC1CCCCO1. The molecule has 0 amide bonds. The molecule has 2 heterocycles. The lowest BCUT2D eigenvalue weighted by Gasteiger charge is -2.22. The largest absolute Gasteiger partial charge is 0.477 e. The van der Waals surface area contributed by atoms with Gasteiger partial charge in [0.25, 0.3) is 0 Å². The minimum absolute atomic E-state index is 0.0310. The number of aromatic carboxylic acids is 1. The molecule has 0 saturated carbocycles. The number of ether oxygens (including phenoxy) is 1. The van der Waals surface area contributed by atoms with Gasteiger partial charge in [0.05, 0.1) is 11.0 Å². The van der Waals surface area contributed by atoms with Crippen LogP contribution in [0.1, 0.15) is 40.2 Å². The van der Waals surface area contributed by atoms with Gasteiger partial charge in [0.15, 0.2) is 0 Å². The maximum atomic E-state index is 12.2. The summed E-state index contributed by atoms with van der Waals surface area (Å²) in [5.74, 6) is -1.11. The van der Waals surface area contributed by atoms with Gasteiger partial charge in [-0.25, -0.2) is 17.9 Å². The molecule has 0 spiro atoms. The zero-order chi connectivity index (χ0) is 15.5. The molecule has 6 nitrogen and oxygen atoms in total. The third-order valence-electron chi connectivity index (χ3n) is 3.40. The van der Waals surface area contributed by atoms with Crippen molar-refractivity contribution in [2.45, 2.75) is 43.6 Å². The van der Waals surface area contributed by atoms with E-state index in [0.29, 0.717) is 17.8 Å². The highest BCUT2D eigenvalue weighted by molar-refractivity contribution is 7.89. The molecule has 118 valence electrons. The Morgan fingerprint density at radius 2 is 2.29 bits per heavy atom. The van der Waals surface area contributed by atoms with Crippen LogP contribution in [0, 0.1) is 6.92 Å². The maximum Gasteiger partial charge on any atom is 0.345 e. The van der Waals surface area contributed by atoms with E-state index in [1.807, 2.05) is 0 Å². The number of aryl methyl sites for hydroxylation is 1. The molecule has 2 rings (SSSR count). The quantitative estimate of drug-likeness (QED) is 0.830. The van der Waals surface area contributed by atoms with E-state index in [0.717, 1.165) is 37.2 Å². The molecule has 1 saturated heterocycles. The van der Waals surface area contributed by atoms with Crippen LogP contribution in [0.3, 0.4) is 0 Å². The molecule has 1 fully saturated rings. The van der Waals surface area contributed by atoms with E-state index in [1.165, 1.54) is 6.07 Å². The minimum atomic E-state index is -3.66. The minimum Gasteiger partial charge on any atom is -0.477 e. The molecule has 1 aromatic rings. The zero-order valence-corrected chi connectivity index (χ0v) is 13.4. The van der Waals surface area contributed by atoms with Crippen LogP contribution < -0.4 is 4.72 Å². The lowest BCUT2D eigenvalue weighted by atomic mass is 10.1. The fraction of sp³-hybridized carbons (Fsp3) is 0.615. The lowest BCUT2D eigenvalue weighted by Crippen LogP contribution is -2.29. The van der Waals surface area contributed by atoms with Crippen LogP contribution in [0.4, 0.5) is 0 Å². The average molecular weight is 333 g/mol. The number of carbonyl (C=O) groups is 1. The predicted octanol–water partition coefficient (Wildman–Crippen LogP) is 1.99. The second kappa shape index (κ2) is 6.87. The van der Waals surface area contributed by atoms with Crippen molar-refractivity contribution in [1.82, 2.24) is 4.72 Å². The number of sulfonamides is 1. The Morgan fingerprint density at radius 3 is 2.86 bits per heavy atom. The maximum absolute atomic E-state index is 12.2. The van der Waals surface area contributed by atoms with Crippen molar-refractivity contribution in [3.8, 4) is 0 Å². The molecule has 1 aliphatic rings. The fourth-order valence-electron chi connectivity index (χ4n) is 2.30. The fourth-order valence-corrected chi connectivity index (χ4v) is 4.78. The molecule has 1 unspecified atom stereocenters. The number of thiophene rings is 1.